The fourth-order valence-corrected chi connectivity index (χ4v) is 3.72. The van der Waals surface area contributed by atoms with E-state index in [1.54, 1.807) is 0 Å². The van der Waals surface area contributed by atoms with E-state index in [-0.39, 0.29) is 0 Å². The van der Waals surface area contributed by atoms with Crippen LogP contribution in [-0.4, -0.2) is 21.4 Å². The van der Waals surface area contributed by atoms with Crippen LogP contribution in [-0.2, 0) is 19.5 Å². The number of rotatable bonds is 3. The highest BCUT2D eigenvalue weighted by atomic mass is 32.1. The second-order valence-corrected chi connectivity index (χ2v) is 7.00. The number of hydrogen-bond donors (Lipinski definition) is 1. The number of aromatic amines is 1. The van der Waals surface area contributed by atoms with Crippen molar-refractivity contribution >= 4 is 12.2 Å². The van der Waals surface area contributed by atoms with E-state index in [1.165, 1.54) is 22.4 Å². The molecule has 25 heavy (non-hydrogen) atoms. The van der Waals surface area contributed by atoms with Crippen molar-refractivity contribution in [3.05, 3.63) is 81.6 Å². The quantitative estimate of drug-likeness (QED) is 0.699. The topological polar surface area (TPSA) is 31.9 Å². The summed E-state index contributed by atoms with van der Waals surface area (Å²) in [5.41, 5.74) is 6.09. The Hall–Kier alpha value is -2.30. The smallest absolute Gasteiger partial charge is 0.139 e. The van der Waals surface area contributed by atoms with Crippen molar-refractivity contribution in [2.75, 3.05) is 6.54 Å². The number of hydrogen-bond acceptors (Lipinski definition) is 3. The van der Waals surface area contributed by atoms with Crippen LogP contribution in [0.5, 0.6) is 0 Å². The summed E-state index contributed by atoms with van der Waals surface area (Å²) in [6.45, 7) is 4.95. The first kappa shape index (κ1) is 16.2. The third-order valence-corrected chi connectivity index (χ3v) is 5.15. The van der Waals surface area contributed by atoms with Crippen LogP contribution in [0.15, 0.2) is 54.6 Å². The van der Waals surface area contributed by atoms with E-state index in [2.05, 4.69) is 59.3 Å². The molecule has 4 rings (SSSR count). The third-order valence-electron chi connectivity index (χ3n) is 4.81. The summed E-state index contributed by atoms with van der Waals surface area (Å²) < 4.78 is 0.727. The Morgan fingerprint density at radius 1 is 1.08 bits per heavy atom. The van der Waals surface area contributed by atoms with Crippen LogP contribution >= 0.6 is 12.2 Å². The molecule has 0 saturated carbocycles. The standard InChI is InChI=1S/C21H21N3S/c1-15-7-5-6-10-17(15)20-22-19-11-12-24(14-18(19)21(25)23-20)13-16-8-3-2-4-9-16/h2-10H,11-14H2,1H3,(H,22,23,25). The molecule has 0 fully saturated rings. The molecule has 4 heteroatoms. The second-order valence-electron chi connectivity index (χ2n) is 6.61. The van der Waals surface area contributed by atoms with Crippen molar-refractivity contribution in [1.29, 1.82) is 0 Å². The number of benzene rings is 2. The van der Waals surface area contributed by atoms with Crippen LogP contribution in [0.4, 0.5) is 0 Å². The monoisotopic (exact) mass is 347 g/mol. The average Bonchev–Trinajstić information content (AvgIpc) is 2.63. The van der Waals surface area contributed by atoms with Crippen LogP contribution in [0.3, 0.4) is 0 Å². The van der Waals surface area contributed by atoms with Crippen molar-refractivity contribution in [2.45, 2.75) is 26.4 Å². The van der Waals surface area contributed by atoms with Gasteiger partial charge in [-0.1, -0.05) is 66.8 Å². The van der Waals surface area contributed by atoms with E-state index in [9.17, 15) is 0 Å². The van der Waals surface area contributed by atoms with Crippen molar-refractivity contribution < 1.29 is 0 Å². The SMILES string of the molecule is Cc1ccccc1-c1nc(=S)c2c([nH]1)CCN(Cc1ccccc1)C2. The van der Waals surface area contributed by atoms with Crippen LogP contribution in [0.2, 0.25) is 0 Å². The summed E-state index contributed by atoms with van der Waals surface area (Å²) in [5.74, 6) is 0.887. The molecule has 126 valence electrons. The van der Waals surface area contributed by atoms with E-state index in [0.29, 0.717) is 0 Å². The van der Waals surface area contributed by atoms with Crippen LogP contribution < -0.4 is 0 Å². The largest absolute Gasteiger partial charge is 0.343 e. The Morgan fingerprint density at radius 3 is 2.64 bits per heavy atom. The van der Waals surface area contributed by atoms with Crippen LogP contribution in [0, 0.1) is 11.6 Å². The number of aryl methyl sites for hydroxylation is 1. The summed E-state index contributed by atoms with van der Waals surface area (Å²) in [7, 11) is 0. The first-order valence-electron chi connectivity index (χ1n) is 8.65. The molecular formula is C21H21N3S. The van der Waals surface area contributed by atoms with Gasteiger partial charge < -0.3 is 4.98 Å². The lowest BCUT2D eigenvalue weighted by molar-refractivity contribution is 0.242. The molecular weight excluding hydrogens is 326 g/mol. The van der Waals surface area contributed by atoms with Crippen molar-refractivity contribution in [3.8, 4) is 11.4 Å². The molecule has 1 aromatic heterocycles. The van der Waals surface area contributed by atoms with Gasteiger partial charge >= 0.3 is 0 Å². The lowest BCUT2D eigenvalue weighted by atomic mass is 10.0. The second kappa shape index (κ2) is 6.90. The maximum absolute atomic E-state index is 5.63. The van der Waals surface area contributed by atoms with Crippen LogP contribution in [0.25, 0.3) is 11.4 Å². The normalized spacial score (nSPS) is 14.3. The maximum atomic E-state index is 5.63. The first-order chi connectivity index (χ1) is 12.2. The molecule has 0 unspecified atom stereocenters. The number of nitrogens with zero attached hydrogens (tertiary/aromatic N) is 2. The first-order valence-corrected chi connectivity index (χ1v) is 9.06. The minimum atomic E-state index is 0.727. The number of H-pyrrole nitrogens is 1. The lowest BCUT2D eigenvalue weighted by Crippen LogP contribution is -2.31. The summed E-state index contributed by atoms with van der Waals surface area (Å²) in [6.07, 6.45) is 0.979. The molecule has 1 aliphatic rings. The van der Waals surface area contributed by atoms with Crippen molar-refractivity contribution in [3.63, 3.8) is 0 Å². The Balaban J connectivity index is 1.62. The highest BCUT2D eigenvalue weighted by molar-refractivity contribution is 7.71. The van der Waals surface area contributed by atoms with Crippen molar-refractivity contribution in [2.24, 2.45) is 0 Å². The van der Waals surface area contributed by atoms with Gasteiger partial charge in [-0.05, 0) is 18.1 Å². The lowest BCUT2D eigenvalue weighted by Gasteiger charge is -2.28. The Morgan fingerprint density at radius 2 is 1.84 bits per heavy atom. The summed E-state index contributed by atoms with van der Waals surface area (Å²) in [5, 5.41) is 0. The van der Waals surface area contributed by atoms with Gasteiger partial charge in [0.1, 0.15) is 10.5 Å². The fourth-order valence-electron chi connectivity index (χ4n) is 3.44. The molecule has 0 spiro atoms. The zero-order valence-corrected chi connectivity index (χ0v) is 15.1. The highest BCUT2D eigenvalue weighted by Crippen LogP contribution is 2.25. The van der Waals surface area contributed by atoms with E-state index in [4.69, 9.17) is 17.2 Å². The fraction of sp³-hybridized carbons (Fsp3) is 0.238. The van der Waals surface area contributed by atoms with E-state index >= 15 is 0 Å². The Kier molecular flexibility index (Phi) is 4.47. The van der Waals surface area contributed by atoms with E-state index < -0.39 is 0 Å². The van der Waals surface area contributed by atoms with Gasteiger partial charge in [0, 0.05) is 42.9 Å². The predicted octanol–water partition coefficient (Wildman–Crippen LogP) is 4.67. The van der Waals surface area contributed by atoms with Gasteiger partial charge in [-0.15, -0.1) is 0 Å². The van der Waals surface area contributed by atoms with Gasteiger partial charge in [0.2, 0.25) is 0 Å². The van der Waals surface area contributed by atoms with Gasteiger partial charge in [0.25, 0.3) is 0 Å². The highest BCUT2D eigenvalue weighted by Gasteiger charge is 2.20. The Labute approximate surface area is 153 Å². The predicted molar refractivity (Wildman–Crippen MR) is 104 cm³/mol. The van der Waals surface area contributed by atoms with Gasteiger partial charge in [-0.25, -0.2) is 4.98 Å². The number of aromatic nitrogens is 2. The molecule has 0 radical (unpaired) electrons. The zero-order chi connectivity index (χ0) is 17.2. The molecule has 0 amide bonds. The molecule has 1 aliphatic heterocycles. The van der Waals surface area contributed by atoms with Gasteiger partial charge in [-0.3, -0.25) is 4.90 Å². The summed E-state index contributed by atoms with van der Waals surface area (Å²) in [4.78, 5) is 10.7. The average molecular weight is 347 g/mol. The molecule has 1 N–H and O–H groups in total. The number of nitrogens with one attached hydrogen (secondary N) is 1. The van der Waals surface area contributed by atoms with E-state index in [0.717, 1.165) is 42.1 Å². The van der Waals surface area contributed by atoms with Gasteiger partial charge in [-0.2, -0.15) is 0 Å². The third kappa shape index (κ3) is 3.41. The molecule has 0 aliphatic carbocycles. The zero-order valence-electron chi connectivity index (χ0n) is 14.3. The van der Waals surface area contributed by atoms with Crippen LogP contribution in [0.1, 0.15) is 22.4 Å². The summed E-state index contributed by atoms with van der Waals surface area (Å²) in [6, 6.07) is 18.9. The molecule has 2 heterocycles. The molecule has 3 aromatic rings. The maximum Gasteiger partial charge on any atom is 0.139 e. The van der Waals surface area contributed by atoms with Gasteiger partial charge in [0.05, 0.1) is 0 Å². The van der Waals surface area contributed by atoms with E-state index in [1.807, 2.05) is 12.1 Å². The minimum Gasteiger partial charge on any atom is -0.343 e. The molecule has 0 saturated heterocycles. The van der Waals surface area contributed by atoms with Crippen molar-refractivity contribution in [1.82, 2.24) is 14.9 Å². The molecule has 0 bridgehead atoms. The number of fused-ring (bicyclic) bond motifs is 1. The molecule has 3 nitrogen and oxygen atoms in total. The molecule has 0 atom stereocenters. The Bertz CT molecular complexity index is 947. The van der Waals surface area contributed by atoms with Gasteiger partial charge in [0.15, 0.2) is 0 Å². The summed E-state index contributed by atoms with van der Waals surface area (Å²) >= 11 is 5.63. The molecule has 2 aromatic carbocycles. The minimum absolute atomic E-state index is 0.727.